The van der Waals surface area contributed by atoms with E-state index in [0.29, 0.717) is 11.5 Å². The topological polar surface area (TPSA) is 33.6 Å². The van der Waals surface area contributed by atoms with Crippen molar-refractivity contribution in [1.29, 1.82) is 0 Å². The first kappa shape index (κ1) is 13.2. The van der Waals surface area contributed by atoms with Gasteiger partial charge in [-0.1, -0.05) is 24.6 Å². The Morgan fingerprint density at radius 1 is 1.47 bits per heavy atom. The van der Waals surface area contributed by atoms with Gasteiger partial charge in [-0.05, 0) is 31.6 Å². The summed E-state index contributed by atoms with van der Waals surface area (Å²) < 4.78 is 5.09. The summed E-state index contributed by atoms with van der Waals surface area (Å²) in [5.74, 6) is 1.26. The summed E-state index contributed by atoms with van der Waals surface area (Å²) in [7, 11) is 1.75. The molecule has 1 N–H and O–H groups in total. The third-order valence-electron chi connectivity index (χ3n) is 3.86. The Morgan fingerprint density at radius 2 is 2.24 bits per heavy atom. The van der Waals surface area contributed by atoms with Gasteiger partial charge in [0.2, 0.25) is 0 Å². The normalized spacial score (nSPS) is 24.7. The number of ether oxygens (including phenoxy) is 1. The van der Waals surface area contributed by atoms with Crippen molar-refractivity contribution >= 4 is 16.9 Å². The average molecular weight is 256 g/mol. The quantitative estimate of drug-likeness (QED) is 0.839. The standard InChI is InChI=1S/C13H24N2OS/c1-11(5-8-16-2)15-12-14-9-13(10-17-12)6-3-4-7-13/h11H,3-10H2,1-2H3,(H,14,15). The number of hydrogen-bond donors (Lipinski definition) is 1. The third kappa shape index (κ3) is 3.62. The summed E-state index contributed by atoms with van der Waals surface area (Å²) >= 11 is 1.92. The van der Waals surface area contributed by atoms with Gasteiger partial charge in [0, 0.05) is 32.1 Å². The monoisotopic (exact) mass is 256 g/mol. The largest absolute Gasteiger partial charge is 0.385 e. The predicted molar refractivity (Wildman–Crippen MR) is 74.8 cm³/mol. The van der Waals surface area contributed by atoms with Crippen LogP contribution in [0.2, 0.25) is 0 Å². The Morgan fingerprint density at radius 3 is 2.82 bits per heavy atom. The molecule has 0 aromatic heterocycles. The molecule has 1 unspecified atom stereocenters. The first-order chi connectivity index (χ1) is 8.24. The second kappa shape index (κ2) is 6.10. The molecule has 1 atom stereocenters. The van der Waals surface area contributed by atoms with Crippen LogP contribution in [-0.2, 0) is 4.74 Å². The van der Waals surface area contributed by atoms with E-state index in [1.807, 2.05) is 11.8 Å². The van der Waals surface area contributed by atoms with E-state index in [9.17, 15) is 0 Å². The second-order valence-corrected chi connectivity index (χ2v) is 6.41. The summed E-state index contributed by atoms with van der Waals surface area (Å²) in [6, 6.07) is 0.457. The number of nitrogens with one attached hydrogen (secondary N) is 1. The SMILES string of the molecule is COCCC(C)NC1=NCC2(CCCC2)CS1. The van der Waals surface area contributed by atoms with Crippen molar-refractivity contribution in [2.24, 2.45) is 10.4 Å². The minimum absolute atomic E-state index is 0.457. The molecule has 3 nitrogen and oxygen atoms in total. The van der Waals surface area contributed by atoms with Gasteiger partial charge in [-0.15, -0.1) is 0 Å². The lowest BCUT2D eigenvalue weighted by atomic mass is 9.89. The average Bonchev–Trinajstić information content (AvgIpc) is 2.79. The lowest BCUT2D eigenvalue weighted by Gasteiger charge is -2.31. The maximum absolute atomic E-state index is 5.09. The maximum Gasteiger partial charge on any atom is 0.156 e. The molecule has 0 bridgehead atoms. The Kier molecular flexibility index (Phi) is 4.74. The van der Waals surface area contributed by atoms with Gasteiger partial charge < -0.3 is 10.1 Å². The first-order valence-electron chi connectivity index (χ1n) is 6.67. The second-order valence-electron chi connectivity index (χ2n) is 5.44. The predicted octanol–water partition coefficient (Wildman–Crippen LogP) is 2.66. The summed E-state index contributed by atoms with van der Waals surface area (Å²) in [5, 5.41) is 4.64. The van der Waals surface area contributed by atoms with Crippen molar-refractivity contribution in [3.05, 3.63) is 0 Å². The molecule has 1 fully saturated rings. The van der Waals surface area contributed by atoms with Crippen LogP contribution in [0.25, 0.3) is 0 Å². The molecule has 1 saturated carbocycles. The Hall–Kier alpha value is -0.220. The van der Waals surface area contributed by atoms with Gasteiger partial charge in [-0.25, -0.2) is 0 Å². The molecule has 17 heavy (non-hydrogen) atoms. The molecule has 0 radical (unpaired) electrons. The fourth-order valence-corrected chi connectivity index (χ4v) is 3.91. The van der Waals surface area contributed by atoms with Crippen molar-refractivity contribution in [2.75, 3.05) is 26.0 Å². The highest BCUT2D eigenvalue weighted by Crippen LogP contribution is 2.43. The van der Waals surface area contributed by atoms with Gasteiger partial charge >= 0.3 is 0 Å². The third-order valence-corrected chi connectivity index (χ3v) is 5.14. The fourth-order valence-electron chi connectivity index (χ4n) is 2.64. The van der Waals surface area contributed by atoms with Crippen molar-refractivity contribution in [3.63, 3.8) is 0 Å². The molecule has 0 amide bonds. The van der Waals surface area contributed by atoms with Crippen molar-refractivity contribution < 1.29 is 4.74 Å². The highest BCUT2D eigenvalue weighted by atomic mass is 32.2. The van der Waals surface area contributed by atoms with Crippen LogP contribution in [0.3, 0.4) is 0 Å². The molecule has 1 heterocycles. The number of methoxy groups -OCH3 is 1. The molecular formula is C13H24N2OS. The van der Waals surface area contributed by atoms with E-state index in [2.05, 4.69) is 12.2 Å². The molecule has 1 aliphatic carbocycles. The number of aliphatic imine (C=N–C) groups is 1. The molecular weight excluding hydrogens is 232 g/mol. The Balaban J connectivity index is 1.78. The zero-order valence-electron chi connectivity index (χ0n) is 11.0. The molecule has 1 spiro atoms. The van der Waals surface area contributed by atoms with Crippen LogP contribution < -0.4 is 5.32 Å². The number of nitrogens with zero attached hydrogens (tertiary/aromatic N) is 1. The van der Waals surface area contributed by atoms with Crippen molar-refractivity contribution in [2.45, 2.75) is 45.1 Å². The lowest BCUT2D eigenvalue weighted by Crippen LogP contribution is -2.37. The smallest absolute Gasteiger partial charge is 0.156 e. The van der Waals surface area contributed by atoms with E-state index in [1.54, 1.807) is 7.11 Å². The molecule has 2 aliphatic rings. The van der Waals surface area contributed by atoms with Crippen molar-refractivity contribution in [1.82, 2.24) is 5.32 Å². The number of hydrogen-bond acceptors (Lipinski definition) is 4. The fraction of sp³-hybridized carbons (Fsp3) is 0.923. The van der Waals surface area contributed by atoms with Gasteiger partial charge in [0.1, 0.15) is 0 Å². The van der Waals surface area contributed by atoms with Crippen LogP contribution >= 0.6 is 11.8 Å². The van der Waals surface area contributed by atoms with Crippen molar-refractivity contribution in [3.8, 4) is 0 Å². The molecule has 1 aliphatic heterocycles. The highest BCUT2D eigenvalue weighted by Gasteiger charge is 2.36. The molecule has 2 rings (SSSR count). The van der Waals surface area contributed by atoms with E-state index in [-0.39, 0.29) is 0 Å². The highest BCUT2D eigenvalue weighted by molar-refractivity contribution is 8.13. The van der Waals surface area contributed by atoms with Gasteiger partial charge in [-0.3, -0.25) is 4.99 Å². The molecule has 98 valence electrons. The number of thioether (sulfide) groups is 1. The van der Waals surface area contributed by atoms with Crippen LogP contribution in [-0.4, -0.2) is 37.2 Å². The van der Waals surface area contributed by atoms with Gasteiger partial charge in [0.25, 0.3) is 0 Å². The molecule has 0 aromatic rings. The van der Waals surface area contributed by atoms with Crippen LogP contribution in [0.15, 0.2) is 4.99 Å². The van der Waals surface area contributed by atoms with Crippen LogP contribution in [0.4, 0.5) is 0 Å². The van der Waals surface area contributed by atoms with Gasteiger partial charge in [0.05, 0.1) is 0 Å². The summed E-state index contributed by atoms with van der Waals surface area (Å²) in [6.07, 6.45) is 6.62. The van der Waals surface area contributed by atoms with E-state index in [0.717, 1.165) is 24.7 Å². The first-order valence-corrected chi connectivity index (χ1v) is 7.65. The summed E-state index contributed by atoms with van der Waals surface area (Å²) in [4.78, 5) is 4.74. The number of amidine groups is 1. The Labute approximate surface area is 109 Å². The van der Waals surface area contributed by atoms with Gasteiger partial charge in [0.15, 0.2) is 5.17 Å². The van der Waals surface area contributed by atoms with Crippen LogP contribution in [0.5, 0.6) is 0 Å². The van der Waals surface area contributed by atoms with E-state index >= 15 is 0 Å². The molecule has 0 aromatic carbocycles. The van der Waals surface area contributed by atoms with E-state index < -0.39 is 0 Å². The van der Waals surface area contributed by atoms with E-state index in [1.165, 1.54) is 31.4 Å². The maximum atomic E-state index is 5.09. The van der Waals surface area contributed by atoms with Crippen LogP contribution in [0, 0.1) is 5.41 Å². The lowest BCUT2D eigenvalue weighted by molar-refractivity contribution is 0.187. The number of rotatable bonds is 4. The zero-order chi connectivity index (χ0) is 12.1. The minimum atomic E-state index is 0.457. The summed E-state index contributed by atoms with van der Waals surface area (Å²) in [5.41, 5.74) is 0.547. The van der Waals surface area contributed by atoms with Crippen LogP contribution in [0.1, 0.15) is 39.0 Å². The van der Waals surface area contributed by atoms with E-state index in [4.69, 9.17) is 9.73 Å². The van der Waals surface area contributed by atoms with Gasteiger partial charge in [-0.2, -0.15) is 0 Å². The Bertz CT molecular complexity index is 275. The minimum Gasteiger partial charge on any atom is -0.385 e. The zero-order valence-corrected chi connectivity index (χ0v) is 11.8. The molecule has 4 heteroatoms. The summed E-state index contributed by atoms with van der Waals surface area (Å²) in [6.45, 7) is 4.05. The molecule has 0 saturated heterocycles.